The lowest BCUT2D eigenvalue weighted by atomic mass is 10.2. The maximum absolute atomic E-state index is 12.1. The van der Waals surface area contributed by atoms with Gasteiger partial charge in [0.25, 0.3) is 6.01 Å². The van der Waals surface area contributed by atoms with Gasteiger partial charge in [-0.3, -0.25) is 4.79 Å². The molecule has 0 spiro atoms. The normalized spacial score (nSPS) is 17.6. The van der Waals surface area contributed by atoms with Gasteiger partial charge in [0.15, 0.2) is 0 Å². The number of hydrogen-bond acceptors (Lipinski definition) is 2. The molecule has 3 heteroatoms. The Morgan fingerprint density at radius 1 is 1.78 bits per heavy atom. The minimum absolute atomic E-state index is 0.000000000000000222. The third-order valence-corrected chi connectivity index (χ3v) is 0.936. The van der Waals surface area contributed by atoms with Gasteiger partial charge in [-0.1, -0.05) is 5.92 Å². The summed E-state index contributed by atoms with van der Waals surface area (Å²) in [5.41, 5.74) is 0.000000000000000222. The monoisotopic (exact) mass is 126 g/mol. The van der Waals surface area contributed by atoms with Gasteiger partial charge in [-0.25, -0.2) is 0 Å². The van der Waals surface area contributed by atoms with Crippen LogP contribution in [0.15, 0.2) is 11.6 Å². The highest BCUT2D eigenvalue weighted by molar-refractivity contribution is 5.78. The van der Waals surface area contributed by atoms with Crippen LogP contribution in [0.25, 0.3) is 0 Å². The zero-order chi connectivity index (χ0) is 6.85. The minimum atomic E-state index is -0.928. The van der Waals surface area contributed by atoms with Gasteiger partial charge in [0.2, 0.25) is 0 Å². The fourth-order valence-electron chi connectivity index (χ4n) is 0.519. The quantitative estimate of drug-likeness (QED) is 0.353. The second kappa shape index (κ2) is 1.90. The molecule has 1 aliphatic heterocycles. The number of ether oxygens (including phenoxy) is 1. The summed E-state index contributed by atoms with van der Waals surface area (Å²) in [6.07, 6.45) is 4.70. The molecule has 1 heterocycles. The van der Waals surface area contributed by atoms with E-state index in [9.17, 15) is 9.18 Å². The molecule has 0 aliphatic carbocycles. The first-order valence-electron chi connectivity index (χ1n) is 2.30. The third kappa shape index (κ3) is 0.918. The van der Waals surface area contributed by atoms with Crippen molar-refractivity contribution in [2.45, 2.75) is 6.42 Å². The average Bonchev–Trinajstić information content (AvgIpc) is 2.10. The van der Waals surface area contributed by atoms with Crippen LogP contribution in [0.2, 0.25) is 0 Å². The molecular weight excluding hydrogens is 123 g/mol. The van der Waals surface area contributed by atoms with Gasteiger partial charge < -0.3 is 4.74 Å². The lowest BCUT2D eigenvalue weighted by molar-refractivity contribution is -0.138. The molecule has 46 valence electrons. The molecular formula is C6H3FO2. The molecule has 0 atom stereocenters. The molecule has 0 fully saturated rings. The van der Waals surface area contributed by atoms with E-state index in [1.807, 2.05) is 5.92 Å². The molecule has 1 rings (SSSR count). The number of carbonyl (C=O) groups is 1. The van der Waals surface area contributed by atoms with Gasteiger partial charge in [0.05, 0.1) is 12.0 Å². The van der Waals surface area contributed by atoms with E-state index in [1.165, 1.54) is 0 Å². The predicted octanol–water partition coefficient (Wildman–Crippen LogP) is 0.748. The molecule has 0 saturated heterocycles. The van der Waals surface area contributed by atoms with Gasteiger partial charge in [-0.05, 0) is 0 Å². The zero-order valence-electron chi connectivity index (χ0n) is 4.48. The van der Waals surface area contributed by atoms with E-state index in [-0.39, 0.29) is 12.0 Å². The van der Waals surface area contributed by atoms with Crippen LogP contribution < -0.4 is 0 Å². The number of hydrogen-bond donors (Lipinski definition) is 0. The Hall–Kier alpha value is -1.30. The van der Waals surface area contributed by atoms with Crippen molar-refractivity contribution in [3.8, 4) is 12.3 Å². The Bertz CT molecular complexity index is 222. The third-order valence-electron chi connectivity index (χ3n) is 0.936. The maximum Gasteiger partial charge on any atom is 0.318 e. The van der Waals surface area contributed by atoms with Crippen molar-refractivity contribution in [2.24, 2.45) is 0 Å². The second-order valence-electron chi connectivity index (χ2n) is 1.55. The van der Waals surface area contributed by atoms with Crippen LogP contribution in [0.3, 0.4) is 0 Å². The lowest BCUT2D eigenvalue weighted by Crippen LogP contribution is -1.90. The summed E-state index contributed by atoms with van der Waals surface area (Å²) >= 11 is 0. The van der Waals surface area contributed by atoms with Crippen LogP contribution in [-0.2, 0) is 9.53 Å². The van der Waals surface area contributed by atoms with Crippen LogP contribution in [-0.4, -0.2) is 5.97 Å². The summed E-state index contributed by atoms with van der Waals surface area (Å²) in [4.78, 5) is 10.2. The first-order chi connectivity index (χ1) is 4.24. The molecule has 2 nitrogen and oxygen atoms in total. The van der Waals surface area contributed by atoms with Crippen LogP contribution in [0.5, 0.6) is 0 Å². The topological polar surface area (TPSA) is 26.3 Å². The second-order valence-corrected chi connectivity index (χ2v) is 1.55. The standard InChI is InChI=1S/C6H3FO2/c1-2-4-3-5(8)9-6(4)7/h1H,3H2. The molecule has 0 aromatic carbocycles. The molecule has 0 radical (unpaired) electrons. The molecule has 0 aromatic rings. The van der Waals surface area contributed by atoms with Crippen molar-refractivity contribution in [3.05, 3.63) is 11.6 Å². The van der Waals surface area contributed by atoms with Crippen molar-refractivity contribution in [2.75, 3.05) is 0 Å². The van der Waals surface area contributed by atoms with Crippen molar-refractivity contribution in [1.29, 1.82) is 0 Å². The van der Waals surface area contributed by atoms with E-state index in [0.29, 0.717) is 0 Å². The Balaban J connectivity index is 2.84. The summed E-state index contributed by atoms with van der Waals surface area (Å²) < 4.78 is 16.1. The van der Waals surface area contributed by atoms with E-state index in [0.717, 1.165) is 0 Å². The Morgan fingerprint density at radius 3 is 2.67 bits per heavy atom. The van der Waals surface area contributed by atoms with E-state index >= 15 is 0 Å². The van der Waals surface area contributed by atoms with E-state index < -0.39 is 12.0 Å². The Morgan fingerprint density at radius 2 is 2.44 bits per heavy atom. The number of halogens is 1. The van der Waals surface area contributed by atoms with Gasteiger partial charge in [0.1, 0.15) is 0 Å². The average molecular weight is 126 g/mol. The first kappa shape index (κ1) is 5.83. The highest BCUT2D eigenvalue weighted by atomic mass is 19.1. The van der Waals surface area contributed by atoms with E-state index in [1.54, 1.807) is 0 Å². The highest BCUT2D eigenvalue weighted by Crippen LogP contribution is 2.19. The lowest BCUT2D eigenvalue weighted by Gasteiger charge is -1.83. The van der Waals surface area contributed by atoms with Crippen LogP contribution in [0, 0.1) is 12.3 Å². The molecule has 0 amide bonds. The van der Waals surface area contributed by atoms with Crippen molar-refractivity contribution in [1.82, 2.24) is 0 Å². The Kier molecular flexibility index (Phi) is 1.23. The molecule has 0 saturated carbocycles. The Labute approximate surface area is 51.3 Å². The number of terminal acetylenes is 1. The summed E-state index contributed by atoms with van der Waals surface area (Å²) in [5, 5.41) is 0. The number of carbonyl (C=O) groups excluding carboxylic acids is 1. The fraction of sp³-hybridized carbons (Fsp3) is 0.167. The summed E-state index contributed by atoms with van der Waals surface area (Å²) in [6.45, 7) is 0. The highest BCUT2D eigenvalue weighted by Gasteiger charge is 2.21. The SMILES string of the molecule is C#CC1=C(F)OC(=O)C1. The van der Waals surface area contributed by atoms with Gasteiger partial charge in [-0.15, -0.1) is 6.42 Å². The van der Waals surface area contributed by atoms with Crippen molar-refractivity contribution >= 4 is 5.97 Å². The van der Waals surface area contributed by atoms with Crippen molar-refractivity contribution < 1.29 is 13.9 Å². The zero-order valence-corrected chi connectivity index (χ0v) is 4.48. The molecule has 0 N–H and O–H groups in total. The van der Waals surface area contributed by atoms with Crippen molar-refractivity contribution in [3.63, 3.8) is 0 Å². The summed E-state index contributed by atoms with van der Waals surface area (Å²) in [7, 11) is 0. The smallest absolute Gasteiger partial charge is 0.318 e. The van der Waals surface area contributed by atoms with Crippen LogP contribution in [0.4, 0.5) is 4.39 Å². The number of cyclic esters (lactones) is 1. The molecule has 0 bridgehead atoms. The van der Waals surface area contributed by atoms with Crippen LogP contribution >= 0.6 is 0 Å². The van der Waals surface area contributed by atoms with Gasteiger partial charge in [0, 0.05) is 0 Å². The molecule has 9 heavy (non-hydrogen) atoms. The minimum Gasteiger partial charge on any atom is -0.398 e. The number of esters is 1. The summed E-state index contributed by atoms with van der Waals surface area (Å²) in [6, 6.07) is -0.928. The van der Waals surface area contributed by atoms with Gasteiger partial charge in [-0.2, -0.15) is 4.39 Å². The number of rotatable bonds is 0. The largest absolute Gasteiger partial charge is 0.398 e. The first-order valence-corrected chi connectivity index (χ1v) is 2.30. The van der Waals surface area contributed by atoms with E-state index in [2.05, 4.69) is 4.74 Å². The predicted molar refractivity (Wildman–Crippen MR) is 27.7 cm³/mol. The van der Waals surface area contributed by atoms with E-state index in [4.69, 9.17) is 6.42 Å². The van der Waals surface area contributed by atoms with Gasteiger partial charge >= 0.3 is 5.97 Å². The molecule has 1 aliphatic rings. The van der Waals surface area contributed by atoms with Crippen LogP contribution in [0.1, 0.15) is 6.42 Å². The summed E-state index contributed by atoms with van der Waals surface area (Å²) in [5.74, 6) is 1.38. The molecule has 0 unspecified atom stereocenters. The fourth-order valence-corrected chi connectivity index (χ4v) is 0.519. The molecule has 0 aromatic heterocycles. The maximum atomic E-state index is 12.1.